The second-order valence-corrected chi connectivity index (χ2v) is 7.08. The molecule has 3 heteroatoms. The first kappa shape index (κ1) is 15.9. The number of anilines is 1. The minimum atomic E-state index is -0.866. The third kappa shape index (κ3) is 2.55. The van der Waals surface area contributed by atoms with Gasteiger partial charge >= 0.3 is 5.97 Å². The Morgan fingerprint density at radius 2 is 1.96 bits per heavy atom. The first-order valence-corrected chi connectivity index (χ1v) is 8.99. The average Bonchev–Trinajstić information content (AvgIpc) is 3.11. The van der Waals surface area contributed by atoms with Crippen molar-refractivity contribution < 1.29 is 9.90 Å². The maximum Gasteiger partial charge on any atom is 0.336 e. The van der Waals surface area contributed by atoms with E-state index >= 15 is 0 Å². The number of aromatic carboxylic acids is 1. The predicted molar refractivity (Wildman–Crippen MR) is 100 cm³/mol. The Hall–Kier alpha value is -2.55. The number of aryl methyl sites for hydroxylation is 1. The lowest BCUT2D eigenvalue weighted by Gasteiger charge is -2.38. The van der Waals surface area contributed by atoms with Crippen molar-refractivity contribution in [1.82, 2.24) is 0 Å². The average molecular weight is 333 g/mol. The zero-order valence-corrected chi connectivity index (χ0v) is 14.6. The fourth-order valence-electron chi connectivity index (χ4n) is 4.34. The Balaban J connectivity index is 1.79. The highest BCUT2D eigenvalue weighted by molar-refractivity contribution is 5.92. The zero-order valence-electron chi connectivity index (χ0n) is 14.6. The van der Waals surface area contributed by atoms with Crippen molar-refractivity contribution in [2.24, 2.45) is 5.92 Å². The van der Waals surface area contributed by atoms with Gasteiger partial charge in [-0.2, -0.15) is 0 Å². The normalized spacial score (nSPS) is 23.7. The summed E-state index contributed by atoms with van der Waals surface area (Å²) >= 11 is 0. The van der Waals surface area contributed by atoms with Gasteiger partial charge in [0.15, 0.2) is 0 Å². The topological polar surface area (TPSA) is 49.3 Å². The number of nitrogens with one attached hydrogen (secondary N) is 1. The van der Waals surface area contributed by atoms with Crippen molar-refractivity contribution in [3.63, 3.8) is 0 Å². The van der Waals surface area contributed by atoms with Crippen LogP contribution in [0, 0.1) is 12.8 Å². The molecule has 0 aromatic heterocycles. The SMILES string of the molecule is CCc1ccc([C@@H]2Nc3c(ccc(C(=O)O)c3C)[C@H]3C=CC[C@@H]32)cc1. The van der Waals surface area contributed by atoms with Gasteiger partial charge in [-0.1, -0.05) is 49.4 Å². The van der Waals surface area contributed by atoms with Crippen molar-refractivity contribution >= 4 is 11.7 Å². The van der Waals surface area contributed by atoms with E-state index in [9.17, 15) is 9.90 Å². The number of carboxylic acid groups (broad SMARTS) is 1. The van der Waals surface area contributed by atoms with Crippen LogP contribution in [0.3, 0.4) is 0 Å². The summed E-state index contributed by atoms with van der Waals surface area (Å²) in [5.41, 5.74) is 6.05. The van der Waals surface area contributed by atoms with Gasteiger partial charge in [-0.25, -0.2) is 4.79 Å². The minimum Gasteiger partial charge on any atom is -0.478 e. The van der Waals surface area contributed by atoms with E-state index in [2.05, 4.69) is 48.7 Å². The van der Waals surface area contributed by atoms with Crippen molar-refractivity contribution in [1.29, 1.82) is 0 Å². The van der Waals surface area contributed by atoms with E-state index < -0.39 is 5.97 Å². The molecular formula is C22H23NO2. The molecule has 25 heavy (non-hydrogen) atoms. The molecular weight excluding hydrogens is 310 g/mol. The van der Waals surface area contributed by atoms with Crippen LogP contribution in [0.1, 0.15) is 57.9 Å². The van der Waals surface area contributed by atoms with Crippen LogP contribution in [-0.4, -0.2) is 11.1 Å². The van der Waals surface area contributed by atoms with Gasteiger partial charge in [0, 0.05) is 11.6 Å². The van der Waals surface area contributed by atoms with Crippen LogP contribution in [0.25, 0.3) is 0 Å². The maximum atomic E-state index is 11.5. The fourth-order valence-corrected chi connectivity index (χ4v) is 4.34. The molecule has 0 bridgehead atoms. The molecule has 1 aliphatic heterocycles. The molecule has 0 spiro atoms. The van der Waals surface area contributed by atoms with Gasteiger partial charge in [0.1, 0.15) is 0 Å². The lowest BCUT2D eigenvalue weighted by Crippen LogP contribution is -2.30. The molecule has 0 saturated carbocycles. The first-order valence-electron chi connectivity index (χ1n) is 8.99. The smallest absolute Gasteiger partial charge is 0.336 e. The summed E-state index contributed by atoms with van der Waals surface area (Å²) in [6, 6.07) is 12.8. The summed E-state index contributed by atoms with van der Waals surface area (Å²) in [7, 11) is 0. The highest BCUT2D eigenvalue weighted by Gasteiger charge is 2.38. The second kappa shape index (κ2) is 6.07. The van der Waals surface area contributed by atoms with Crippen molar-refractivity contribution in [3.8, 4) is 0 Å². The van der Waals surface area contributed by atoms with Gasteiger partial charge in [-0.15, -0.1) is 0 Å². The molecule has 4 rings (SSSR count). The molecule has 3 nitrogen and oxygen atoms in total. The summed E-state index contributed by atoms with van der Waals surface area (Å²) in [5, 5.41) is 13.1. The number of carbonyl (C=O) groups is 1. The molecule has 2 aliphatic rings. The third-order valence-electron chi connectivity index (χ3n) is 5.77. The van der Waals surface area contributed by atoms with E-state index in [0.29, 0.717) is 17.4 Å². The van der Waals surface area contributed by atoms with Crippen LogP contribution < -0.4 is 5.32 Å². The minimum absolute atomic E-state index is 0.209. The number of fused-ring (bicyclic) bond motifs is 3. The summed E-state index contributed by atoms with van der Waals surface area (Å²) in [4.78, 5) is 11.5. The zero-order chi connectivity index (χ0) is 17.6. The van der Waals surface area contributed by atoms with Crippen LogP contribution in [0.4, 0.5) is 5.69 Å². The number of benzene rings is 2. The molecule has 2 aromatic rings. The van der Waals surface area contributed by atoms with E-state index in [1.165, 1.54) is 16.7 Å². The number of hydrogen-bond donors (Lipinski definition) is 2. The molecule has 1 heterocycles. The van der Waals surface area contributed by atoms with Gasteiger partial charge in [-0.05, 0) is 54.0 Å². The van der Waals surface area contributed by atoms with Gasteiger partial charge in [0.2, 0.25) is 0 Å². The Labute approximate surface area is 148 Å². The highest BCUT2D eigenvalue weighted by Crippen LogP contribution is 2.50. The summed E-state index contributed by atoms with van der Waals surface area (Å²) in [5.74, 6) is -0.0289. The van der Waals surface area contributed by atoms with E-state index in [0.717, 1.165) is 24.1 Å². The van der Waals surface area contributed by atoms with Gasteiger partial charge in [0.25, 0.3) is 0 Å². The summed E-state index contributed by atoms with van der Waals surface area (Å²) in [6.45, 7) is 4.07. The van der Waals surface area contributed by atoms with Crippen molar-refractivity contribution in [2.75, 3.05) is 5.32 Å². The molecule has 0 saturated heterocycles. The Kier molecular flexibility index (Phi) is 3.87. The lowest BCUT2D eigenvalue weighted by molar-refractivity contribution is 0.0696. The number of rotatable bonds is 3. The second-order valence-electron chi connectivity index (χ2n) is 7.08. The Morgan fingerprint density at radius 1 is 1.20 bits per heavy atom. The van der Waals surface area contributed by atoms with Crippen LogP contribution in [-0.2, 0) is 6.42 Å². The third-order valence-corrected chi connectivity index (χ3v) is 5.77. The summed E-state index contributed by atoms with van der Waals surface area (Å²) < 4.78 is 0. The van der Waals surface area contributed by atoms with Crippen molar-refractivity contribution in [3.05, 3.63) is 76.4 Å². The summed E-state index contributed by atoms with van der Waals surface area (Å²) in [6.07, 6.45) is 6.64. The monoisotopic (exact) mass is 333 g/mol. The lowest BCUT2D eigenvalue weighted by atomic mass is 9.76. The fraction of sp³-hybridized carbons (Fsp3) is 0.318. The highest BCUT2D eigenvalue weighted by atomic mass is 16.4. The first-order chi connectivity index (χ1) is 12.1. The van der Waals surface area contributed by atoms with E-state index in [-0.39, 0.29) is 6.04 Å². The Morgan fingerprint density at radius 3 is 2.64 bits per heavy atom. The predicted octanol–water partition coefficient (Wildman–Crippen LogP) is 5.08. The van der Waals surface area contributed by atoms with Crippen LogP contribution in [0.15, 0.2) is 48.6 Å². The number of hydrogen-bond acceptors (Lipinski definition) is 2. The maximum absolute atomic E-state index is 11.5. The number of carboxylic acids is 1. The van der Waals surface area contributed by atoms with E-state index in [1.807, 2.05) is 13.0 Å². The standard InChI is InChI=1S/C22H23NO2/c1-3-14-7-9-15(10-8-14)21-18-6-4-5-17(18)19-12-11-16(22(24)25)13(2)20(19)23-21/h4-5,7-12,17-18,21,23H,3,6H2,1-2H3,(H,24,25)/t17-,18-,21-/m0/s1. The molecule has 0 amide bonds. The molecule has 0 unspecified atom stereocenters. The molecule has 3 atom stereocenters. The molecule has 2 aromatic carbocycles. The van der Waals surface area contributed by atoms with Gasteiger partial charge in [0.05, 0.1) is 11.6 Å². The van der Waals surface area contributed by atoms with Crippen molar-refractivity contribution in [2.45, 2.75) is 38.6 Å². The van der Waals surface area contributed by atoms with Crippen LogP contribution in [0.2, 0.25) is 0 Å². The quantitative estimate of drug-likeness (QED) is 0.770. The Bertz CT molecular complexity index is 851. The van der Waals surface area contributed by atoms with Gasteiger partial charge < -0.3 is 10.4 Å². The molecule has 2 N–H and O–H groups in total. The molecule has 1 aliphatic carbocycles. The van der Waals surface area contributed by atoms with E-state index in [1.54, 1.807) is 6.07 Å². The largest absolute Gasteiger partial charge is 0.478 e. The molecule has 0 fully saturated rings. The van der Waals surface area contributed by atoms with Crippen LogP contribution in [0.5, 0.6) is 0 Å². The van der Waals surface area contributed by atoms with Crippen LogP contribution >= 0.6 is 0 Å². The van der Waals surface area contributed by atoms with E-state index in [4.69, 9.17) is 0 Å². The van der Waals surface area contributed by atoms with Gasteiger partial charge in [-0.3, -0.25) is 0 Å². The molecule has 128 valence electrons. The number of allylic oxidation sites excluding steroid dienone is 2. The molecule has 0 radical (unpaired) electrons.